The molecule has 1 amide bonds. The van der Waals surface area contributed by atoms with E-state index in [4.69, 9.17) is 0 Å². The first kappa shape index (κ1) is 10.6. The van der Waals surface area contributed by atoms with E-state index >= 15 is 0 Å². The van der Waals surface area contributed by atoms with Gasteiger partial charge in [0, 0.05) is 19.5 Å². The molecule has 1 rings (SSSR count). The van der Waals surface area contributed by atoms with Gasteiger partial charge in [-0.2, -0.15) is 0 Å². The molecule has 0 spiro atoms. The first-order valence-corrected chi connectivity index (χ1v) is 5.41. The minimum atomic E-state index is 0.320. The summed E-state index contributed by atoms with van der Waals surface area (Å²) in [5, 5.41) is 0. The molecule has 76 valence electrons. The summed E-state index contributed by atoms with van der Waals surface area (Å²) < 4.78 is 0. The van der Waals surface area contributed by atoms with Crippen molar-refractivity contribution in [2.45, 2.75) is 40.0 Å². The van der Waals surface area contributed by atoms with Gasteiger partial charge in [0.25, 0.3) is 0 Å². The fraction of sp³-hybridized carbons (Fsp3) is 0.909. The van der Waals surface area contributed by atoms with Crippen molar-refractivity contribution in [3.63, 3.8) is 0 Å². The number of hydrogen-bond donors (Lipinski definition) is 0. The molecule has 1 aliphatic rings. The first-order chi connectivity index (χ1) is 6.13. The van der Waals surface area contributed by atoms with E-state index in [2.05, 4.69) is 13.8 Å². The van der Waals surface area contributed by atoms with Crippen LogP contribution in [0.3, 0.4) is 0 Å². The molecule has 0 saturated heterocycles. The summed E-state index contributed by atoms with van der Waals surface area (Å²) in [5.41, 5.74) is 0. The Hall–Kier alpha value is -0.530. The van der Waals surface area contributed by atoms with Crippen LogP contribution in [0.25, 0.3) is 0 Å². The van der Waals surface area contributed by atoms with Gasteiger partial charge in [0.15, 0.2) is 0 Å². The van der Waals surface area contributed by atoms with E-state index in [1.807, 2.05) is 11.8 Å². The molecular formula is C11H21NO. The maximum Gasteiger partial charge on any atom is 0.222 e. The second-order valence-electron chi connectivity index (χ2n) is 4.49. The van der Waals surface area contributed by atoms with Gasteiger partial charge in [-0.25, -0.2) is 0 Å². The predicted octanol–water partition coefficient (Wildman–Crippen LogP) is 2.29. The van der Waals surface area contributed by atoms with Gasteiger partial charge in [0.05, 0.1) is 0 Å². The molecule has 1 aliphatic carbocycles. The van der Waals surface area contributed by atoms with Gasteiger partial charge in [-0.1, -0.05) is 20.8 Å². The van der Waals surface area contributed by atoms with Crippen molar-refractivity contribution < 1.29 is 4.79 Å². The Bertz CT molecular complexity index is 169. The zero-order chi connectivity index (χ0) is 9.84. The molecule has 0 radical (unpaired) electrons. The summed E-state index contributed by atoms with van der Waals surface area (Å²) in [6.07, 6.45) is 3.30. The summed E-state index contributed by atoms with van der Waals surface area (Å²) in [4.78, 5) is 13.6. The monoisotopic (exact) mass is 183 g/mol. The summed E-state index contributed by atoms with van der Waals surface area (Å²) in [7, 11) is 0. The highest BCUT2D eigenvalue weighted by Gasteiger charge is 2.26. The van der Waals surface area contributed by atoms with Crippen molar-refractivity contribution in [2.24, 2.45) is 11.8 Å². The maximum absolute atomic E-state index is 11.5. The standard InChI is InChI=1S/C11H21NO/c1-4-11(13)12(7-9(2)3)8-10-5-6-10/h9-10H,4-8H2,1-3H3. The molecule has 0 heterocycles. The molecule has 0 aromatic rings. The van der Waals surface area contributed by atoms with E-state index < -0.39 is 0 Å². The van der Waals surface area contributed by atoms with Crippen LogP contribution in [-0.2, 0) is 4.79 Å². The van der Waals surface area contributed by atoms with Crippen LogP contribution in [0.4, 0.5) is 0 Å². The molecule has 0 N–H and O–H groups in total. The lowest BCUT2D eigenvalue weighted by atomic mass is 10.2. The largest absolute Gasteiger partial charge is 0.342 e. The Morgan fingerprint density at radius 1 is 1.46 bits per heavy atom. The highest BCUT2D eigenvalue weighted by molar-refractivity contribution is 5.75. The van der Waals surface area contributed by atoms with Crippen LogP contribution in [0, 0.1) is 11.8 Å². The quantitative estimate of drug-likeness (QED) is 0.640. The number of hydrogen-bond acceptors (Lipinski definition) is 1. The highest BCUT2D eigenvalue weighted by atomic mass is 16.2. The normalized spacial score (nSPS) is 16.3. The Morgan fingerprint density at radius 3 is 2.46 bits per heavy atom. The first-order valence-electron chi connectivity index (χ1n) is 5.41. The molecule has 1 saturated carbocycles. The SMILES string of the molecule is CCC(=O)N(CC(C)C)CC1CC1. The van der Waals surface area contributed by atoms with E-state index in [9.17, 15) is 4.79 Å². The topological polar surface area (TPSA) is 20.3 Å². The summed E-state index contributed by atoms with van der Waals surface area (Å²) in [6.45, 7) is 8.22. The van der Waals surface area contributed by atoms with Gasteiger partial charge in [-0.3, -0.25) is 4.79 Å². The van der Waals surface area contributed by atoms with E-state index in [-0.39, 0.29) is 0 Å². The Kier molecular flexibility index (Phi) is 3.76. The molecule has 0 unspecified atom stereocenters. The Morgan fingerprint density at radius 2 is 2.08 bits per heavy atom. The van der Waals surface area contributed by atoms with Crippen LogP contribution in [0.2, 0.25) is 0 Å². The van der Waals surface area contributed by atoms with Crippen molar-refractivity contribution in [3.05, 3.63) is 0 Å². The van der Waals surface area contributed by atoms with Crippen molar-refractivity contribution >= 4 is 5.91 Å². The molecule has 0 aliphatic heterocycles. The smallest absolute Gasteiger partial charge is 0.222 e. The molecule has 1 fully saturated rings. The van der Waals surface area contributed by atoms with Crippen molar-refractivity contribution in [1.29, 1.82) is 0 Å². The van der Waals surface area contributed by atoms with Crippen LogP contribution in [-0.4, -0.2) is 23.9 Å². The van der Waals surface area contributed by atoms with Gasteiger partial charge >= 0.3 is 0 Å². The predicted molar refractivity (Wildman–Crippen MR) is 54.4 cm³/mol. The Balaban J connectivity index is 2.36. The van der Waals surface area contributed by atoms with Crippen molar-refractivity contribution in [3.8, 4) is 0 Å². The number of carbonyl (C=O) groups is 1. The summed E-state index contributed by atoms with van der Waals surface area (Å²) >= 11 is 0. The van der Waals surface area contributed by atoms with Gasteiger partial charge < -0.3 is 4.90 Å². The maximum atomic E-state index is 11.5. The molecule has 0 bridgehead atoms. The third-order valence-electron chi connectivity index (χ3n) is 2.42. The minimum absolute atomic E-state index is 0.320. The summed E-state index contributed by atoms with van der Waals surface area (Å²) in [6, 6.07) is 0. The lowest BCUT2D eigenvalue weighted by Crippen LogP contribution is -2.35. The minimum Gasteiger partial charge on any atom is -0.342 e. The molecule has 13 heavy (non-hydrogen) atoms. The lowest BCUT2D eigenvalue weighted by Gasteiger charge is -2.24. The van der Waals surface area contributed by atoms with Gasteiger partial charge in [0.1, 0.15) is 0 Å². The third-order valence-corrected chi connectivity index (χ3v) is 2.42. The van der Waals surface area contributed by atoms with E-state index in [0.29, 0.717) is 18.2 Å². The molecule has 0 aromatic heterocycles. The molecule has 0 aromatic carbocycles. The van der Waals surface area contributed by atoms with Crippen molar-refractivity contribution in [2.75, 3.05) is 13.1 Å². The molecular weight excluding hydrogens is 162 g/mol. The highest BCUT2D eigenvalue weighted by Crippen LogP contribution is 2.30. The fourth-order valence-corrected chi connectivity index (χ4v) is 1.55. The fourth-order valence-electron chi connectivity index (χ4n) is 1.55. The Labute approximate surface area is 81.3 Å². The number of amides is 1. The lowest BCUT2D eigenvalue weighted by molar-refractivity contribution is -0.131. The zero-order valence-electron chi connectivity index (χ0n) is 9.05. The average Bonchev–Trinajstić information content (AvgIpc) is 2.85. The van der Waals surface area contributed by atoms with Gasteiger partial charge in [0.2, 0.25) is 5.91 Å². The van der Waals surface area contributed by atoms with E-state index in [0.717, 1.165) is 19.0 Å². The third kappa shape index (κ3) is 3.79. The van der Waals surface area contributed by atoms with E-state index in [1.165, 1.54) is 12.8 Å². The molecule has 0 atom stereocenters. The van der Waals surface area contributed by atoms with Crippen LogP contribution in [0.5, 0.6) is 0 Å². The average molecular weight is 183 g/mol. The second-order valence-corrected chi connectivity index (χ2v) is 4.49. The molecule has 2 nitrogen and oxygen atoms in total. The van der Waals surface area contributed by atoms with Gasteiger partial charge in [-0.15, -0.1) is 0 Å². The van der Waals surface area contributed by atoms with E-state index in [1.54, 1.807) is 0 Å². The van der Waals surface area contributed by atoms with Crippen molar-refractivity contribution in [1.82, 2.24) is 4.90 Å². The number of nitrogens with zero attached hydrogens (tertiary/aromatic N) is 1. The van der Waals surface area contributed by atoms with Crippen LogP contribution in [0.15, 0.2) is 0 Å². The molecule has 2 heteroatoms. The van der Waals surface area contributed by atoms with Gasteiger partial charge in [-0.05, 0) is 24.7 Å². The van der Waals surface area contributed by atoms with Crippen LogP contribution < -0.4 is 0 Å². The second kappa shape index (κ2) is 4.64. The number of rotatable bonds is 5. The number of carbonyl (C=O) groups excluding carboxylic acids is 1. The van der Waals surface area contributed by atoms with Crippen LogP contribution in [0.1, 0.15) is 40.0 Å². The van der Waals surface area contributed by atoms with Crippen LogP contribution >= 0.6 is 0 Å². The summed E-state index contributed by atoms with van der Waals surface area (Å²) in [5.74, 6) is 1.73. The zero-order valence-corrected chi connectivity index (χ0v) is 9.05.